The summed E-state index contributed by atoms with van der Waals surface area (Å²) in [4.78, 5) is 25.5. The predicted molar refractivity (Wildman–Crippen MR) is 70.9 cm³/mol. The maximum Gasteiger partial charge on any atom is 0.268 e. The number of aryl methyl sites for hydroxylation is 2. The molecule has 100 valence electrons. The fraction of sp³-hybridized carbons (Fsp3) is 0.308. The van der Waals surface area contributed by atoms with Gasteiger partial charge in [0.15, 0.2) is 0 Å². The number of nitrogens with one attached hydrogen (secondary N) is 2. The number of hydrogen-bond acceptors (Lipinski definition) is 3. The monoisotopic (exact) mass is 260 g/mol. The summed E-state index contributed by atoms with van der Waals surface area (Å²) < 4.78 is 1.78. The number of aromatic amines is 1. The van der Waals surface area contributed by atoms with E-state index in [2.05, 4.69) is 15.4 Å². The molecule has 0 saturated carbocycles. The van der Waals surface area contributed by atoms with Crippen molar-refractivity contribution in [3.05, 3.63) is 51.2 Å². The number of aromatic nitrogens is 3. The van der Waals surface area contributed by atoms with E-state index in [1.54, 1.807) is 16.8 Å². The van der Waals surface area contributed by atoms with Crippen LogP contribution in [0.15, 0.2) is 23.0 Å². The molecule has 2 heterocycles. The average Bonchev–Trinajstić information content (AvgIpc) is 2.61. The molecule has 0 unspecified atom stereocenters. The zero-order chi connectivity index (χ0) is 14.0. The van der Waals surface area contributed by atoms with Crippen LogP contribution >= 0.6 is 0 Å². The van der Waals surface area contributed by atoms with Gasteiger partial charge in [0.05, 0.1) is 5.69 Å². The van der Waals surface area contributed by atoms with Gasteiger partial charge in [-0.1, -0.05) is 6.07 Å². The number of hydrogen-bond donors (Lipinski definition) is 2. The van der Waals surface area contributed by atoms with E-state index in [0.29, 0.717) is 6.54 Å². The number of H-pyrrole nitrogens is 1. The molecule has 0 aliphatic carbocycles. The molecule has 2 N–H and O–H groups in total. The Bertz CT molecular complexity index is 670. The van der Waals surface area contributed by atoms with Gasteiger partial charge in [0.1, 0.15) is 5.69 Å². The third-order valence-electron chi connectivity index (χ3n) is 3.10. The van der Waals surface area contributed by atoms with Crippen LogP contribution in [0.4, 0.5) is 0 Å². The van der Waals surface area contributed by atoms with E-state index in [4.69, 9.17) is 0 Å². The zero-order valence-electron chi connectivity index (χ0n) is 11.2. The molecule has 0 aliphatic rings. The SMILES string of the molecule is Cc1nn(C)c(C)c1CNC(=O)c1cccc(=O)[nH]1. The third-order valence-corrected chi connectivity index (χ3v) is 3.10. The maximum atomic E-state index is 11.9. The van der Waals surface area contributed by atoms with Gasteiger partial charge >= 0.3 is 0 Å². The van der Waals surface area contributed by atoms with E-state index in [1.807, 2.05) is 20.9 Å². The minimum atomic E-state index is -0.305. The van der Waals surface area contributed by atoms with Gasteiger partial charge in [-0.05, 0) is 19.9 Å². The highest BCUT2D eigenvalue weighted by Gasteiger charge is 2.11. The molecule has 0 radical (unpaired) electrons. The van der Waals surface area contributed by atoms with Crippen LogP contribution in [0.2, 0.25) is 0 Å². The van der Waals surface area contributed by atoms with Crippen LogP contribution in [-0.2, 0) is 13.6 Å². The second-order valence-electron chi connectivity index (χ2n) is 4.38. The lowest BCUT2D eigenvalue weighted by Gasteiger charge is -2.05. The Morgan fingerprint density at radius 3 is 2.74 bits per heavy atom. The van der Waals surface area contributed by atoms with Gasteiger partial charge in [0, 0.05) is 30.9 Å². The molecule has 2 aromatic rings. The summed E-state index contributed by atoms with van der Waals surface area (Å²) in [5.41, 5.74) is 2.86. The molecule has 0 atom stereocenters. The molecule has 0 fully saturated rings. The van der Waals surface area contributed by atoms with E-state index < -0.39 is 0 Å². The van der Waals surface area contributed by atoms with Crippen LogP contribution in [0.1, 0.15) is 27.4 Å². The summed E-state index contributed by atoms with van der Waals surface area (Å²) in [5.74, 6) is -0.305. The molecule has 0 spiro atoms. The van der Waals surface area contributed by atoms with Crippen molar-refractivity contribution in [2.45, 2.75) is 20.4 Å². The fourth-order valence-electron chi connectivity index (χ4n) is 1.92. The summed E-state index contributed by atoms with van der Waals surface area (Å²) in [7, 11) is 1.86. The van der Waals surface area contributed by atoms with Gasteiger partial charge in [-0.3, -0.25) is 14.3 Å². The van der Waals surface area contributed by atoms with Crippen LogP contribution in [0.25, 0.3) is 0 Å². The van der Waals surface area contributed by atoms with Crippen molar-refractivity contribution < 1.29 is 4.79 Å². The third kappa shape index (κ3) is 2.73. The van der Waals surface area contributed by atoms with Crippen LogP contribution in [0.3, 0.4) is 0 Å². The Morgan fingerprint density at radius 2 is 2.16 bits per heavy atom. The van der Waals surface area contributed by atoms with Crippen molar-refractivity contribution in [2.24, 2.45) is 7.05 Å². The summed E-state index contributed by atoms with van der Waals surface area (Å²) in [6.45, 7) is 4.24. The molecule has 19 heavy (non-hydrogen) atoms. The first-order chi connectivity index (χ1) is 8.99. The molecule has 1 amide bonds. The Balaban J connectivity index is 2.11. The van der Waals surface area contributed by atoms with Crippen LogP contribution in [0.5, 0.6) is 0 Å². The molecule has 0 saturated heterocycles. The van der Waals surface area contributed by atoms with Gasteiger partial charge in [0.25, 0.3) is 5.91 Å². The van der Waals surface area contributed by atoms with E-state index in [9.17, 15) is 9.59 Å². The second-order valence-corrected chi connectivity index (χ2v) is 4.38. The molecule has 2 rings (SSSR count). The van der Waals surface area contributed by atoms with Crippen LogP contribution < -0.4 is 10.9 Å². The van der Waals surface area contributed by atoms with Crippen molar-refractivity contribution in [3.8, 4) is 0 Å². The van der Waals surface area contributed by atoms with Gasteiger partial charge in [-0.25, -0.2) is 0 Å². The van der Waals surface area contributed by atoms with E-state index >= 15 is 0 Å². The smallest absolute Gasteiger partial charge is 0.268 e. The molecule has 6 nitrogen and oxygen atoms in total. The van der Waals surface area contributed by atoms with Crippen molar-refractivity contribution in [3.63, 3.8) is 0 Å². The lowest BCUT2D eigenvalue weighted by Crippen LogP contribution is -2.26. The first kappa shape index (κ1) is 13.1. The van der Waals surface area contributed by atoms with Crippen molar-refractivity contribution in [2.75, 3.05) is 0 Å². The Labute approximate surface area is 110 Å². The summed E-state index contributed by atoms with van der Waals surface area (Å²) in [6.07, 6.45) is 0. The highest BCUT2D eigenvalue weighted by atomic mass is 16.2. The Hall–Kier alpha value is -2.37. The summed E-state index contributed by atoms with van der Waals surface area (Å²) >= 11 is 0. The molecule has 0 aliphatic heterocycles. The molecule has 0 aromatic carbocycles. The van der Waals surface area contributed by atoms with Gasteiger partial charge in [-0.2, -0.15) is 5.10 Å². The van der Waals surface area contributed by atoms with E-state index in [1.165, 1.54) is 6.07 Å². The predicted octanol–water partition coefficient (Wildman–Crippen LogP) is 0.655. The standard InChI is InChI=1S/C13H16N4O2/c1-8-10(9(2)17(3)16-8)7-14-13(19)11-5-4-6-12(18)15-11/h4-6H,7H2,1-3H3,(H,14,19)(H,15,18). The van der Waals surface area contributed by atoms with Crippen LogP contribution in [-0.4, -0.2) is 20.7 Å². The van der Waals surface area contributed by atoms with Gasteiger partial charge in [0.2, 0.25) is 5.56 Å². The zero-order valence-corrected chi connectivity index (χ0v) is 11.2. The Kier molecular flexibility index (Phi) is 3.50. The largest absolute Gasteiger partial charge is 0.347 e. The number of carbonyl (C=O) groups is 1. The number of nitrogens with zero attached hydrogens (tertiary/aromatic N) is 2. The lowest BCUT2D eigenvalue weighted by molar-refractivity contribution is 0.0945. The molecular formula is C13H16N4O2. The number of pyridine rings is 1. The Morgan fingerprint density at radius 1 is 1.42 bits per heavy atom. The minimum Gasteiger partial charge on any atom is -0.347 e. The van der Waals surface area contributed by atoms with Crippen molar-refractivity contribution in [1.82, 2.24) is 20.1 Å². The lowest BCUT2D eigenvalue weighted by atomic mass is 10.2. The fourth-order valence-corrected chi connectivity index (χ4v) is 1.92. The normalized spacial score (nSPS) is 10.5. The first-order valence-corrected chi connectivity index (χ1v) is 5.95. The highest BCUT2D eigenvalue weighted by molar-refractivity contribution is 5.92. The topological polar surface area (TPSA) is 79.8 Å². The summed E-state index contributed by atoms with van der Waals surface area (Å²) in [5, 5.41) is 7.06. The highest BCUT2D eigenvalue weighted by Crippen LogP contribution is 2.11. The number of amides is 1. The van der Waals surface area contributed by atoms with Crippen molar-refractivity contribution >= 4 is 5.91 Å². The average molecular weight is 260 g/mol. The number of rotatable bonds is 3. The number of carbonyl (C=O) groups excluding carboxylic acids is 1. The van der Waals surface area contributed by atoms with Gasteiger partial charge in [-0.15, -0.1) is 0 Å². The minimum absolute atomic E-state index is 0.256. The van der Waals surface area contributed by atoms with E-state index in [0.717, 1.165) is 17.0 Å². The van der Waals surface area contributed by atoms with E-state index in [-0.39, 0.29) is 17.2 Å². The van der Waals surface area contributed by atoms with Crippen LogP contribution in [0, 0.1) is 13.8 Å². The molecule has 0 bridgehead atoms. The van der Waals surface area contributed by atoms with Crippen molar-refractivity contribution in [1.29, 1.82) is 0 Å². The summed E-state index contributed by atoms with van der Waals surface area (Å²) in [6, 6.07) is 4.49. The molecule has 2 aromatic heterocycles. The van der Waals surface area contributed by atoms with Gasteiger partial charge < -0.3 is 10.3 Å². The quantitative estimate of drug-likeness (QED) is 0.850. The first-order valence-electron chi connectivity index (χ1n) is 5.95. The molecule has 6 heteroatoms. The second kappa shape index (κ2) is 5.09. The maximum absolute atomic E-state index is 11.9. The molecular weight excluding hydrogens is 244 g/mol.